The molecule has 2 heteroatoms. The Morgan fingerprint density at radius 3 is 2.90 bits per heavy atom. The topological polar surface area (TPSA) is 26.3 Å². The van der Waals surface area contributed by atoms with E-state index in [9.17, 15) is 4.79 Å². The molecule has 0 amide bonds. The molecule has 21 heavy (non-hydrogen) atoms. The van der Waals surface area contributed by atoms with Gasteiger partial charge in [-0.1, -0.05) is 58.1 Å². The summed E-state index contributed by atoms with van der Waals surface area (Å²) in [5.41, 5.74) is -0.158. The number of cyclic esters (lactones) is 1. The van der Waals surface area contributed by atoms with Crippen LogP contribution in [0.2, 0.25) is 0 Å². The van der Waals surface area contributed by atoms with Gasteiger partial charge in [-0.25, -0.2) is 0 Å². The van der Waals surface area contributed by atoms with Gasteiger partial charge in [-0.3, -0.25) is 4.79 Å². The standard InChI is InChI=1S/C19H30O2/c1-4-13(2)8-6-5-7-11-19-16-10-9-15(12-16)17(19)14(3)21-18(19)20/h9-10,13-17H,4-8,11-12H2,1-3H3/t13-,14-,15-,16+,17-,19+/m0/s1. The highest BCUT2D eigenvalue weighted by Gasteiger charge is 2.66. The maximum Gasteiger partial charge on any atom is 0.313 e. The zero-order valence-corrected chi connectivity index (χ0v) is 13.8. The van der Waals surface area contributed by atoms with Gasteiger partial charge in [0.2, 0.25) is 0 Å². The van der Waals surface area contributed by atoms with E-state index in [2.05, 4.69) is 32.9 Å². The van der Waals surface area contributed by atoms with Crippen molar-refractivity contribution in [3.05, 3.63) is 12.2 Å². The molecule has 0 unspecified atom stereocenters. The highest BCUT2D eigenvalue weighted by atomic mass is 16.6. The van der Waals surface area contributed by atoms with Gasteiger partial charge in [-0.2, -0.15) is 0 Å². The minimum atomic E-state index is -0.158. The first-order chi connectivity index (χ1) is 10.1. The monoisotopic (exact) mass is 290 g/mol. The number of hydrogen-bond acceptors (Lipinski definition) is 2. The number of rotatable bonds is 7. The van der Waals surface area contributed by atoms with Crippen LogP contribution in [0.4, 0.5) is 0 Å². The summed E-state index contributed by atoms with van der Waals surface area (Å²) in [5, 5.41) is 0. The van der Waals surface area contributed by atoms with Crippen molar-refractivity contribution in [3.8, 4) is 0 Å². The molecule has 0 radical (unpaired) electrons. The summed E-state index contributed by atoms with van der Waals surface area (Å²) in [6.45, 7) is 6.71. The van der Waals surface area contributed by atoms with Crippen molar-refractivity contribution < 1.29 is 9.53 Å². The first-order valence-electron chi connectivity index (χ1n) is 8.99. The fourth-order valence-electron chi connectivity index (χ4n) is 5.16. The summed E-state index contributed by atoms with van der Waals surface area (Å²) >= 11 is 0. The number of fused-ring (bicyclic) bond motifs is 5. The molecule has 2 bridgehead atoms. The first-order valence-corrected chi connectivity index (χ1v) is 8.99. The van der Waals surface area contributed by atoms with Crippen LogP contribution >= 0.6 is 0 Å². The maximum atomic E-state index is 12.5. The largest absolute Gasteiger partial charge is 0.462 e. The van der Waals surface area contributed by atoms with Gasteiger partial charge in [0.05, 0.1) is 5.41 Å². The van der Waals surface area contributed by atoms with Gasteiger partial charge < -0.3 is 4.74 Å². The number of allylic oxidation sites excluding steroid dienone is 2. The van der Waals surface area contributed by atoms with Crippen LogP contribution in [0.25, 0.3) is 0 Å². The number of ether oxygens (including phenoxy) is 1. The summed E-state index contributed by atoms with van der Waals surface area (Å²) < 4.78 is 5.65. The molecule has 1 aliphatic heterocycles. The molecule has 1 saturated heterocycles. The summed E-state index contributed by atoms with van der Waals surface area (Å²) in [5.74, 6) is 2.46. The summed E-state index contributed by atoms with van der Waals surface area (Å²) in [6, 6.07) is 0. The third-order valence-electron chi connectivity index (χ3n) is 6.50. The molecule has 0 aromatic carbocycles. The van der Waals surface area contributed by atoms with Crippen molar-refractivity contribution in [1.29, 1.82) is 0 Å². The molecule has 0 spiro atoms. The third kappa shape index (κ3) is 2.35. The number of carbonyl (C=O) groups excluding carboxylic acids is 1. The highest BCUT2D eigenvalue weighted by molar-refractivity contribution is 5.81. The third-order valence-corrected chi connectivity index (χ3v) is 6.50. The van der Waals surface area contributed by atoms with Gasteiger partial charge in [-0.05, 0) is 37.5 Å². The quantitative estimate of drug-likeness (QED) is 0.385. The Bertz CT molecular complexity index is 427. The fraction of sp³-hybridized carbons (Fsp3) is 0.842. The minimum Gasteiger partial charge on any atom is -0.462 e. The van der Waals surface area contributed by atoms with E-state index in [0.29, 0.717) is 17.8 Å². The molecule has 3 rings (SSSR count). The van der Waals surface area contributed by atoms with Crippen molar-refractivity contribution in [2.45, 2.75) is 71.8 Å². The SMILES string of the molecule is CC[C@H](C)CCCCC[C@]12C(=O)O[C@@H](C)[C@H]1[C@H]1C=C[C@@H]2C1. The highest BCUT2D eigenvalue weighted by Crippen LogP contribution is 2.63. The second-order valence-corrected chi connectivity index (χ2v) is 7.68. The molecule has 2 fully saturated rings. The van der Waals surface area contributed by atoms with Crippen LogP contribution in [0.1, 0.15) is 65.7 Å². The Balaban J connectivity index is 1.58. The van der Waals surface area contributed by atoms with Crippen molar-refractivity contribution in [2.24, 2.45) is 29.1 Å². The molecule has 0 aromatic rings. The molecule has 2 nitrogen and oxygen atoms in total. The number of carbonyl (C=O) groups is 1. The molecule has 2 aliphatic carbocycles. The van der Waals surface area contributed by atoms with Crippen LogP contribution < -0.4 is 0 Å². The Morgan fingerprint density at radius 2 is 2.14 bits per heavy atom. The van der Waals surface area contributed by atoms with E-state index in [1.165, 1.54) is 38.5 Å². The number of hydrogen-bond donors (Lipinski definition) is 0. The van der Waals surface area contributed by atoms with Gasteiger partial charge in [0.25, 0.3) is 0 Å². The summed E-state index contributed by atoms with van der Waals surface area (Å²) in [4.78, 5) is 12.5. The smallest absolute Gasteiger partial charge is 0.313 e. The van der Waals surface area contributed by atoms with E-state index in [4.69, 9.17) is 4.74 Å². The predicted octanol–water partition coefficient (Wildman–Crippen LogP) is 4.74. The molecule has 3 aliphatic rings. The summed E-state index contributed by atoms with van der Waals surface area (Å²) in [7, 11) is 0. The average molecular weight is 290 g/mol. The van der Waals surface area contributed by atoms with Crippen molar-refractivity contribution in [1.82, 2.24) is 0 Å². The van der Waals surface area contributed by atoms with Gasteiger partial charge in [0.15, 0.2) is 0 Å². The zero-order valence-electron chi connectivity index (χ0n) is 13.8. The lowest BCUT2D eigenvalue weighted by molar-refractivity contribution is -0.150. The number of unbranched alkanes of at least 4 members (excludes halogenated alkanes) is 2. The van der Waals surface area contributed by atoms with Gasteiger partial charge in [0, 0.05) is 5.92 Å². The normalized spacial score (nSPS) is 41.4. The Hall–Kier alpha value is -0.790. The van der Waals surface area contributed by atoms with Crippen molar-refractivity contribution >= 4 is 5.97 Å². The van der Waals surface area contributed by atoms with Crippen LogP contribution in [-0.2, 0) is 9.53 Å². The molecular formula is C19H30O2. The van der Waals surface area contributed by atoms with Crippen LogP contribution in [0, 0.1) is 29.1 Å². The predicted molar refractivity (Wildman–Crippen MR) is 84.8 cm³/mol. The van der Waals surface area contributed by atoms with Crippen molar-refractivity contribution in [2.75, 3.05) is 0 Å². The molecule has 6 atom stereocenters. The molecule has 118 valence electrons. The van der Waals surface area contributed by atoms with Crippen molar-refractivity contribution in [3.63, 3.8) is 0 Å². The van der Waals surface area contributed by atoms with E-state index in [0.717, 1.165) is 12.3 Å². The van der Waals surface area contributed by atoms with E-state index in [-0.39, 0.29) is 17.5 Å². The second-order valence-electron chi connectivity index (χ2n) is 7.68. The van der Waals surface area contributed by atoms with Gasteiger partial charge in [0.1, 0.15) is 6.10 Å². The van der Waals surface area contributed by atoms with Gasteiger partial charge >= 0.3 is 5.97 Å². The lowest BCUT2D eigenvalue weighted by atomic mass is 9.65. The first kappa shape index (κ1) is 15.1. The van der Waals surface area contributed by atoms with E-state index >= 15 is 0 Å². The fourth-order valence-corrected chi connectivity index (χ4v) is 5.16. The molecule has 0 aromatic heterocycles. The maximum absolute atomic E-state index is 12.5. The van der Waals surface area contributed by atoms with E-state index in [1.54, 1.807) is 0 Å². The second kappa shape index (κ2) is 5.78. The Kier molecular flexibility index (Phi) is 4.16. The van der Waals surface area contributed by atoms with Crippen LogP contribution in [0.15, 0.2) is 12.2 Å². The number of esters is 1. The Morgan fingerprint density at radius 1 is 1.33 bits per heavy atom. The lowest BCUT2D eigenvalue weighted by Crippen LogP contribution is -2.38. The van der Waals surface area contributed by atoms with E-state index in [1.807, 2.05) is 0 Å². The Labute approximate surface area is 129 Å². The van der Waals surface area contributed by atoms with Crippen LogP contribution in [-0.4, -0.2) is 12.1 Å². The zero-order chi connectivity index (χ0) is 15.0. The minimum absolute atomic E-state index is 0.110. The summed E-state index contributed by atoms with van der Waals surface area (Å²) in [6.07, 6.45) is 13.4. The molecule has 1 heterocycles. The molecular weight excluding hydrogens is 260 g/mol. The van der Waals surface area contributed by atoms with Crippen LogP contribution in [0.5, 0.6) is 0 Å². The van der Waals surface area contributed by atoms with Crippen LogP contribution in [0.3, 0.4) is 0 Å². The van der Waals surface area contributed by atoms with E-state index < -0.39 is 0 Å². The average Bonchev–Trinajstić information content (AvgIpc) is 3.11. The molecule has 1 saturated carbocycles. The van der Waals surface area contributed by atoms with Gasteiger partial charge in [-0.15, -0.1) is 0 Å². The lowest BCUT2D eigenvalue weighted by Gasteiger charge is -2.33. The molecule has 0 N–H and O–H groups in total.